The highest BCUT2D eigenvalue weighted by atomic mass is 16.3. The number of aromatic nitrogens is 2. The minimum atomic E-state index is 0.938. The number of hydrogen-bond donors (Lipinski definition) is 0. The molecule has 0 fully saturated rings. The molecule has 3 nitrogen and oxygen atoms in total. The summed E-state index contributed by atoms with van der Waals surface area (Å²) in [6, 6.07) is 32.2. The van der Waals surface area contributed by atoms with Gasteiger partial charge in [-0.15, -0.1) is 0 Å². The van der Waals surface area contributed by atoms with E-state index in [9.17, 15) is 0 Å². The van der Waals surface area contributed by atoms with Crippen LogP contribution in [-0.2, 0) is 6.42 Å². The van der Waals surface area contributed by atoms with E-state index in [-0.39, 0.29) is 0 Å². The molecule has 0 aliphatic heterocycles. The van der Waals surface area contributed by atoms with E-state index in [1.54, 1.807) is 0 Å². The second kappa shape index (κ2) is 6.11. The van der Waals surface area contributed by atoms with Crippen molar-refractivity contribution in [3.8, 4) is 16.8 Å². The Labute approximate surface area is 189 Å². The Morgan fingerprint density at radius 3 is 2.42 bits per heavy atom. The van der Waals surface area contributed by atoms with Gasteiger partial charge in [-0.3, -0.25) is 4.57 Å². The van der Waals surface area contributed by atoms with Crippen LogP contribution in [-0.4, -0.2) is 9.55 Å². The molecule has 3 heteroatoms. The number of rotatable bonds is 1. The van der Waals surface area contributed by atoms with E-state index in [4.69, 9.17) is 9.40 Å². The highest BCUT2D eigenvalue weighted by Crippen LogP contribution is 2.46. The molecule has 4 aromatic carbocycles. The van der Waals surface area contributed by atoms with Crippen LogP contribution in [0, 0.1) is 0 Å². The highest BCUT2D eigenvalue weighted by Gasteiger charge is 2.25. The van der Waals surface area contributed by atoms with Gasteiger partial charge in [-0.05, 0) is 59.5 Å². The Morgan fingerprint density at radius 1 is 0.667 bits per heavy atom. The van der Waals surface area contributed by atoms with E-state index < -0.39 is 0 Å². The zero-order chi connectivity index (χ0) is 21.5. The SMILES string of the molecule is c1ccc(-n2c3ccc4c5ccc6c(c5oc4c3c3cccnc32)-c2ccccc2C6)cc1. The van der Waals surface area contributed by atoms with Gasteiger partial charge < -0.3 is 4.42 Å². The van der Waals surface area contributed by atoms with Crippen molar-refractivity contribution < 1.29 is 4.42 Å². The minimum absolute atomic E-state index is 0.938. The van der Waals surface area contributed by atoms with Gasteiger partial charge >= 0.3 is 0 Å². The Kier molecular flexibility index (Phi) is 3.19. The summed E-state index contributed by atoms with van der Waals surface area (Å²) >= 11 is 0. The van der Waals surface area contributed by atoms with Gasteiger partial charge in [0, 0.05) is 33.6 Å². The summed E-state index contributed by atoms with van der Waals surface area (Å²) in [5.74, 6) is 0. The van der Waals surface area contributed by atoms with Gasteiger partial charge in [-0.25, -0.2) is 4.98 Å². The molecule has 0 unspecified atom stereocenters. The van der Waals surface area contributed by atoms with Crippen molar-refractivity contribution in [3.63, 3.8) is 0 Å². The van der Waals surface area contributed by atoms with Crippen LogP contribution < -0.4 is 0 Å². The molecule has 0 amide bonds. The molecule has 3 aromatic heterocycles. The Hall–Kier alpha value is -4.37. The maximum Gasteiger partial charge on any atom is 0.145 e. The van der Waals surface area contributed by atoms with Gasteiger partial charge in [-0.1, -0.05) is 54.6 Å². The quantitative estimate of drug-likeness (QED) is 0.272. The number of para-hydroxylation sites is 1. The molecule has 3 heterocycles. The molecular formula is C30H18N2O. The average molecular weight is 422 g/mol. The number of fused-ring (bicyclic) bond motifs is 11. The summed E-state index contributed by atoms with van der Waals surface area (Å²) in [5, 5.41) is 4.56. The topological polar surface area (TPSA) is 31.0 Å². The van der Waals surface area contributed by atoms with E-state index in [1.165, 1.54) is 27.6 Å². The fourth-order valence-corrected chi connectivity index (χ4v) is 5.67. The fraction of sp³-hybridized carbons (Fsp3) is 0.0333. The summed E-state index contributed by atoms with van der Waals surface area (Å²) in [7, 11) is 0. The Bertz CT molecular complexity index is 1890. The lowest BCUT2D eigenvalue weighted by atomic mass is 10.0. The molecule has 0 bridgehead atoms. The van der Waals surface area contributed by atoms with Gasteiger partial charge in [-0.2, -0.15) is 0 Å². The van der Waals surface area contributed by atoms with E-state index in [0.717, 1.165) is 50.6 Å². The number of pyridine rings is 1. The first-order valence-corrected chi connectivity index (χ1v) is 11.3. The summed E-state index contributed by atoms with van der Waals surface area (Å²) in [5.41, 5.74) is 10.3. The third kappa shape index (κ3) is 2.16. The lowest BCUT2D eigenvalue weighted by molar-refractivity contribution is 0.674. The fourth-order valence-electron chi connectivity index (χ4n) is 5.67. The van der Waals surface area contributed by atoms with Gasteiger partial charge in [0.25, 0.3) is 0 Å². The molecule has 154 valence electrons. The highest BCUT2D eigenvalue weighted by molar-refractivity contribution is 6.24. The van der Waals surface area contributed by atoms with Crippen molar-refractivity contribution in [3.05, 3.63) is 108 Å². The van der Waals surface area contributed by atoms with Crippen LogP contribution in [0.25, 0.3) is 60.7 Å². The number of nitrogens with zero attached hydrogens (tertiary/aromatic N) is 2. The standard InChI is InChI=1S/C30H18N2O/c1-2-8-20(9-3-1)32-25-15-14-23-22-13-12-19-17-18-7-4-5-10-21(18)26(19)28(22)33-29(23)27(25)24-11-6-16-31-30(24)32/h1-16H,17H2. The molecule has 33 heavy (non-hydrogen) atoms. The van der Waals surface area contributed by atoms with E-state index in [0.29, 0.717) is 0 Å². The van der Waals surface area contributed by atoms with Crippen LogP contribution in [0.4, 0.5) is 0 Å². The maximum atomic E-state index is 6.78. The molecule has 1 aliphatic carbocycles. The molecule has 0 radical (unpaired) electrons. The van der Waals surface area contributed by atoms with Crippen LogP contribution in [0.2, 0.25) is 0 Å². The lowest BCUT2D eigenvalue weighted by Crippen LogP contribution is -1.94. The molecule has 0 atom stereocenters. The normalized spacial score (nSPS) is 12.7. The van der Waals surface area contributed by atoms with E-state index in [2.05, 4.69) is 83.4 Å². The Morgan fingerprint density at radius 2 is 1.48 bits per heavy atom. The lowest BCUT2D eigenvalue weighted by Gasteiger charge is -2.06. The summed E-state index contributed by atoms with van der Waals surface area (Å²) in [4.78, 5) is 4.76. The summed E-state index contributed by atoms with van der Waals surface area (Å²) < 4.78 is 9.01. The number of hydrogen-bond acceptors (Lipinski definition) is 2. The largest absolute Gasteiger partial charge is 0.455 e. The van der Waals surface area contributed by atoms with Crippen molar-refractivity contribution in [1.82, 2.24) is 9.55 Å². The van der Waals surface area contributed by atoms with Gasteiger partial charge in [0.15, 0.2) is 0 Å². The zero-order valence-electron chi connectivity index (χ0n) is 17.7. The maximum absolute atomic E-state index is 6.78. The first kappa shape index (κ1) is 17.2. The Balaban J connectivity index is 1.56. The molecule has 0 saturated heterocycles. The smallest absolute Gasteiger partial charge is 0.145 e. The predicted octanol–water partition coefficient (Wildman–Crippen LogP) is 7.65. The van der Waals surface area contributed by atoms with Crippen LogP contribution in [0.1, 0.15) is 11.1 Å². The van der Waals surface area contributed by atoms with Crippen molar-refractivity contribution in [2.75, 3.05) is 0 Å². The second-order valence-corrected chi connectivity index (χ2v) is 8.79. The molecular weight excluding hydrogens is 404 g/mol. The van der Waals surface area contributed by atoms with Crippen molar-refractivity contribution >= 4 is 43.9 Å². The average Bonchev–Trinajstić information content (AvgIpc) is 3.53. The van der Waals surface area contributed by atoms with Crippen LogP contribution in [0.3, 0.4) is 0 Å². The van der Waals surface area contributed by atoms with Crippen molar-refractivity contribution in [1.29, 1.82) is 0 Å². The van der Waals surface area contributed by atoms with Crippen LogP contribution in [0.15, 0.2) is 102 Å². The minimum Gasteiger partial charge on any atom is -0.455 e. The van der Waals surface area contributed by atoms with E-state index >= 15 is 0 Å². The third-order valence-electron chi connectivity index (χ3n) is 7.06. The monoisotopic (exact) mass is 422 g/mol. The van der Waals surface area contributed by atoms with Crippen molar-refractivity contribution in [2.24, 2.45) is 0 Å². The zero-order valence-corrected chi connectivity index (χ0v) is 17.7. The molecule has 0 N–H and O–H groups in total. The van der Waals surface area contributed by atoms with Crippen LogP contribution in [0.5, 0.6) is 0 Å². The molecule has 7 aromatic rings. The van der Waals surface area contributed by atoms with Gasteiger partial charge in [0.2, 0.25) is 0 Å². The van der Waals surface area contributed by atoms with E-state index in [1.807, 2.05) is 18.3 Å². The first-order chi connectivity index (χ1) is 16.4. The summed E-state index contributed by atoms with van der Waals surface area (Å²) in [6.45, 7) is 0. The van der Waals surface area contributed by atoms with Gasteiger partial charge in [0.05, 0.1) is 10.9 Å². The molecule has 0 spiro atoms. The number of benzene rings is 4. The molecule has 1 aliphatic rings. The second-order valence-electron chi connectivity index (χ2n) is 8.79. The van der Waals surface area contributed by atoms with Crippen molar-refractivity contribution in [2.45, 2.75) is 6.42 Å². The molecule has 8 rings (SSSR count). The molecule has 0 saturated carbocycles. The summed E-state index contributed by atoms with van der Waals surface area (Å²) in [6.07, 6.45) is 2.82. The number of furan rings is 1. The van der Waals surface area contributed by atoms with Gasteiger partial charge in [0.1, 0.15) is 16.8 Å². The van der Waals surface area contributed by atoms with Crippen LogP contribution >= 0.6 is 0 Å². The third-order valence-corrected chi connectivity index (χ3v) is 7.06. The predicted molar refractivity (Wildman–Crippen MR) is 134 cm³/mol. The first-order valence-electron chi connectivity index (χ1n) is 11.3.